The number of hydrogen-bond donors (Lipinski definition) is 1. The third kappa shape index (κ3) is 6.71. The van der Waals surface area contributed by atoms with Gasteiger partial charge in [-0.1, -0.05) is 17.7 Å². The predicted molar refractivity (Wildman–Crippen MR) is 116 cm³/mol. The molecule has 160 valence electrons. The van der Waals surface area contributed by atoms with Gasteiger partial charge in [-0.25, -0.2) is 4.39 Å². The Morgan fingerprint density at radius 3 is 2.54 bits per heavy atom. The fourth-order valence-corrected chi connectivity index (χ4v) is 4.01. The van der Waals surface area contributed by atoms with E-state index in [4.69, 9.17) is 11.6 Å². The lowest BCUT2D eigenvalue weighted by Crippen LogP contribution is -2.53. The highest BCUT2D eigenvalue weighted by molar-refractivity contribution is 6.31. The minimum atomic E-state index is -0.264. The largest absolute Gasteiger partial charge is 0.339 e. The Morgan fingerprint density at radius 1 is 1.18 bits per heavy atom. The Balaban J connectivity index is 0.00000196. The normalized spacial score (nSPS) is 21.0. The van der Waals surface area contributed by atoms with Crippen LogP contribution >= 0.6 is 36.4 Å². The first-order valence-corrected chi connectivity index (χ1v) is 9.77. The second-order valence-corrected chi connectivity index (χ2v) is 7.63. The molecule has 0 bridgehead atoms. The molecule has 1 aromatic carbocycles. The number of piperazine rings is 1. The Kier molecular flexibility index (Phi) is 11.0. The van der Waals surface area contributed by atoms with Crippen molar-refractivity contribution in [3.8, 4) is 0 Å². The van der Waals surface area contributed by atoms with Crippen molar-refractivity contribution in [3.63, 3.8) is 0 Å². The molecule has 1 atom stereocenters. The van der Waals surface area contributed by atoms with E-state index in [1.54, 1.807) is 12.1 Å². The molecule has 9 heteroatoms. The van der Waals surface area contributed by atoms with Crippen molar-refractivity contribution < 1.29 is 9.18 Å². The van der Waals surface area contributed by atoms with Gasteiger partial charge in [0.05, 0.1) is 6.54 Å². The minimum Gasteiger partial charge on any atom is -0.339 e. The smallest absolute Gasteiger partial charge is 0.236 e. The maximum absolute atomic E-state index is 13.9. The number of halogens is 4. The summed E-state index contributed by atoms with van der Waals surface area (Å²) in [4.78, 5) is 18.9. The molecule has 2 fully saturated rings. The predicted octanol–water partition coefficient (Wildman–Crippen LogP) is 2.65. The van der Waals surface area contributed by atoms with E-state index in [0.717, 1.165) is 32.6 Å². The second-order valence-electron chi connectivity index (χ2n) is 7.22. The summed E-state index contributed by atoms with van der Waals surface area (Å²) in [7, 11) is 1.98. The van der Waals surface area contributed by atoms with Crippen LogP contribution in [0.3, 0.4) is 0 Å². The molecule has 2 heterocycles. The van der Waals surface area contributed by atoms with Gasteiger partial charge in [0.15, 0.2) is 0 Å². The van der Waals surface area contributed by atoms with Crippen molar-refractivity contribution in [1.82, 2.24) is 20.0 Å². The van der Waals surface area contributed by atoms with Gasteiger partial charge < -0.3 is 10.2 Å². The summed E-state index contributed by atoms with van der Waals surface area (Å²) in [5, 5.41) is 3.78. The van der Waals surface area contributed by atoms with Gasteiger partial charge in [-0.2, -0.15) is 0 Å². The summed E-state index contributed by atoms with van der Waals surface area (Å²) >= 11 is 6.12. The summed E-state index contributed by atoms with van der Waals surface area (Å²) in [6, 6.07) is 5.27. The van der Waals surface area contributed by atoms with Crippen LogP contribution in [0.5, 0.6) is 0 Å². The zero-order chi connectivity index (χ0) is 18.5. The molecule has 5 nitrogen and oxygen atoms in total. The lowest BCUT2D eigenvalue weighted by Gasteiger charge is -2.37. The van der Waals surface area contributed by atoms with Crippen LogP contribution in [0.4, 0.5) is 4.39 Å². The van der Waals surface area contributed by atoms with Crippen molar-refractivity contribution in [2.75, 3.05) is 52.9 Å². The average Bonchev–Trinajstić information content (AvgIpc) is 2.65. The summed E-state index contributed by atoms with van der Waals surface area (Å²) in [6.45, 7) is 5.79. The van der Waals surface area contributed by atoms with E-state index in [-0.39, 0.29) is 36.5 Å². The molecule has 3 rings (SSSR count). The van der Waals surface area contributed by atoms with E-state index in [9.17, 15) is 9.18 Å². The number of carbonyl (C=O) groups is 1. The number of rotatable bonds is 5. The molecule has 2 aliphatic rings. The van der Waals surface area contributed by atoms with Crippen molar-refractivity contribution in [3.05, 3.63) is 34.6 Å². The number of piperidine rings is 1. The van der Waals surface area contributed by atoms with Crippen molar-refractivity contribution in [2.45, 2.75) is 25.4 Å². The Hall–Kier alpha value is -0.630. The highest BCUT2D eigenvalue weighted by atomic mass is 35.5. The molecule has 2 saturated heterocycles. The quantitative estimate of drug-likeness (QED) is 0.741. The van der Waals surface area contributed by atoms with Gasteiger partial charge in [-0.05, 0) is 38.6 Å². The Morgan fingerprint density at radius 2 is 1.89 bits per heavy atom. The van der Waals surface area contributed by atoms with Crippen LogP contribution in [-0.4, -0.2) is 79.5 Å². The van der Waals surface area contributed by atoms with Gasteiger partial charge >= 0.3 is 0 Å². The van der Waals surface area contributed by atoms with Crippen LogP contribution in [0.25, 0.3) is 0 Å². The number of nitrogens with one attached hydrogen (secondary N) is 1. The van der Waals surface area contributed by atoms with E-state index < -0.39 is 0 Å². The molecule has 0 radical (unpaired) electrons. The number of likely N-dealkylation sites (N-methyl/N-ethyl adjacent to an activating group) is 1. The number of nitrogens with zero attached hydrogens (tertiary/aromatic N) is 3. The highest BCUT2D eigenvalue weighted by Crippen LogP contribution is 2.21. The molecule has 0 aromatic heterocycles. The molecule has 1 unspecified atom stereocenters. The molecule has 1 N–H and O–H groups in total. The zero-order valence-electron chi connectivity index (χ0n) is 16.2. The number of carbonyl (C=O) groups excluding carboxylic acids is 1. The molecule has 2 aliphatic heterocycles. The van der Waals surface area contributed by atoms with Crippen LogP contribution < -0.4 is 5.32 Å². The third-order valence-corrected chi connectivity index (χ3v) is 5.80. The minimum absolute atomic E-state index is 0. The van der Waals surface area contributed by atoms with Crippen LogP contribution in [0.1, 0.15) is 18.4 Å². The van der Waals surface area contributed by atoms with E-state index in [1.165, 1.54) is 12.5 Å². The molecular formula is C19H30Cl3FN4O. The maximum Gasteiger partial charge on any atom is 0.236 e. The van der Waals surface area contributed by atoms with Crippen LogP contribution in [-0.2, 0) is 11.3 Å². The fraction of sp³-hybridized carbons (Fsp3) is 0.632. The number of likely N-dealkylation sites (tertiary alicyclic amines) is 1. The van der Waals surface area contributed by atoms with E-state index in [0.29, 0.717) is 42.8 Å². The van der Waals surface area contributed by atoms with Crippen molar-refractivity contribution in [2.24, 2.45) is 0 Å². The van der Waals surface area contributed by atoms with E-state index in [2.05, 4.69) is 15.1 Å². The van der Waals surface area contributed by atoms with Crippen LogP contribution in [0.2, 0.25) is 5.02 Å². The summed E-state index contributed by atoms with van der Waals surface area (Å²) < 4.78 is 13.9. The standard InChI is InChI=1S/C19H28ClFN4O.2ClH/c1-22-15-4-3-7-24(12-15)14-19(26)25-10-8-23(9-11-25)13-16-17(20)5-2-6-18(16)21;;/h2,5-6,15,22H,3-4,7-14H2,1H3;2*1H. The molecule has 28 heavy (non-hydrogen) atoms. The van der Waals surface area contributed by atoms with Gasteiger partial charge in [-0.3, -0.25) is 14.6 Å². The van der Waals surface area contributed by atoms with Crippen LogP contribution in [0, 0.1) is 5.82 Å². The number of benzene rings is 1. The SMILES string of the molecule is CNC1CCCN(CC(=O)N2CCN(Cc3c(F)cccc3Cl)CC2)C1.Cl.Cl. The van der Waals surface area contributed by atoms with Gasteiger partial charge in [0.1, 0.15) is 5.82 Å². The average molecular weight is 456 g/mol. The fourth-order valence-electron chi connectivity index (χ4n) is 3.79. The maximum atomic E-state index is 13.9. The Labute approximate surface area is 184 Å². The summed E-state index contributed by atoms with van der Waals surface area (Å²) in [5.41, 5.74) is 0.542. The van der Waals surface area contributed by atoms with E-state index >= 15 is 0 Å². The second kappa shape index (κ2) is 12.2. The number of amides is 1. The Bertz CT molecular complexity index is 609. The van der Waals surface area contributed by atoms with Crippen molar-refractivity contribution >= 4 is 42.3 Å². The van der Waals surface area contributed by atoms with Gasteiger partial charge in [0, 0.05) is 55.9 Å². The van der Waals surface area contributed by atoms with Gasteiger partial charge in [0.2, 0.25) is 5.91 Å². The van der Waals surface area contributed by atoms with Crippen LogP contribution in [0.15, 0.2) is 18.2 Å². The lowest BCUT2D eigenvalue weighted by atomic mass is 10.1. The third-order valence-electron chi connectivity index (χ3n) is 5.44. The first-order valence-electron chi connectivity index (χ1n) is 9.39. The molecule has 0 saturated carbocycles. The van der Waals surface area contributed by atoms with Gasteiger partial charge in [0.25, 0.3) is 0 Å². The monoisotopic (exact) mass is 454 g/mol. The number of hydrogen-bond acceptors (Lipinski definition) is 4. The van der Waals surface area contributed by atoms with Gasteiger partial charge in [-0.15, -0.1) is 24.8 Å². The molecule has 0 spiro atoms. The molecule has 1 amide bonds. The summed E-state index contributed by atoms with van der Waals surface area (Å²) in [6.07, 6.45) is 2.31. The molecule has 1 aromatic rings. The summed E-state index contributed by atoms with van der Waals surface area (Å²) in [5.74, 6) is -0.0643. The lowest BCUT2D eigenvalue weighted by molar-refractivity contribution is -0.134. The topological polar surface area (TPSA) is 38.8 Å². The first-order chi connectivity index (χ1) is 12.6. The molecule has 0 aliphatic carbocycles. The van der Waals surface area contributed by atoms with E-state index in [1.807, 2.05) is 11.9 Å². The van der Waals surface area contributed by atoms with Crippen molar-refractivity contribution in [1.29, 1.82) is 0 Å². The highest BCUT2D eigenvalue weighted by Gasteiger charge is 2.26. The molecular weight excluding hydrogens is 426 g/mol. The zero-order valence-corrected chi connectivity index (χ0v) is 18.6. The first kappa shape index (κ1) is 25.4.